The van der Waals surface area contributed by atoms with Gasteiger partial charge in [-0.25, -0.2) is 0 Å². The van der Waals surface area contributed by atoms with E-state index in [9.17, 15) is 50.8 Å². The number of carbonyl (C=O) groups excluding carboxylic acids is 1. The molecule has 0 radical (unpaired) electrons. The third-order valence-electron chi connectivity index (χ3n) is 8.45. The Morgan fingerprint density at radius 3 is 1.15 bits per heavy atom. The second-order valence-electron chi connectivity index (χ2n) is 13.9. The minimum Gasteiger partial charge on any atom is -0.870 e. The van der Waals surface area contributed by atoms with Crippen molar-refractivity contribution in [3.8, 4) is 0 Å². The van der Waals surface area contributed by atoms with Crippen LogP contribution < -0.4 is 27.6 Å². The van der Waals surface area contributed by atoms with Gasteiger partial charge in [0.25, 0.3) is 11.9 Å². The van der Waals surface area contributed by atoms with Crippen molar-refractivity contribution in [2.75, 3.05) is 26.4 Å². The lowest BCUT2D eigenvalue weighted by Crippen LogP contribution is -2.69. The molecule has 0 aromatic rings. The van der Waals surface area contributed by atoms with Gasteiger partial charge in [-0.1, -0.05) is 13.5 Å². The zero-order valence-electron chi connectivity index (χ0n) is 36.4. The second-order valence-corrected chi connectivity index (χ2v) is 13.9. The molecule has 35 nitrogen and oxygen atoms in total. The van der Waals surface area contributed by atoms with E-state index in [4.69, 9.17) is 91.4 Å². The molecule has 4 heterocycles. The molecular formula is C33H76N5O30-3. The fraction of sp³-hybridized carbons (Fsp3) is 0.909. The molecule has 1 amide bonds. The third-order valence-corrected chi connectivity index (χ3v) is 8.45. The average molecular weight is 1020 g/mol. The van der Waals surface area contributed by atoms with Crippen LogP contribution in [0.3, 0.4) is 0 Å². The Morgan fingerprint density at radius 2 is 0.838 bits per heavy atom. The number of hydrogen-bond acceptors (Lipinski definition) is 29. The first-order valence-electron chi connectivity index (χ1n) is 18.4. The van der Waals surface area contributed by atoms with Gasteiger partial charge in [0.1, 0.15) is 79.5 Å². The van der Waals surface area contributed by atoms with Crippen LogP contribution in [-0.4, -0.2) is 286 Å². The van der Waals surface area contributed by atoms with Gasteiger partial charge in [0.15, 0.2) is 18.9 Å². The van der Waals surface area contributed by atoms with E-state index in [2.05, 4.69) is 10.1 Å². The second kappa shape index (κ2) is 38.0. The summed E-state index contributed by atoms with van der Waals surface area (Å²) in [5.74, 6) is -4.71. The summed E-state index contributed by atoms with van der Waals surface area (Å²) in [5, 5.41) is 185. The lowest BCUT2D eigenvalue weighted by Gasteiger charge is -2.45. The van der Waals surface area contributed by atoms with Crippen LogP contribution >= 0.6 is 0 Å². The molecule has 4 aliphatic heterocycles. The molecule has 35 heteroatoms. The number of aliphatic hydroxyl groups excluding tert-OH is 16. The molecule has 0 bridgehead atoms. The maximum absolute atomic E-state index is 11.0. The molecule has 416 valence electrons. The Labute approximate surface area is 388 Å². The van der Waals surface area contributed by atoms with Gasteiger partial charge in [-0.15, -0.1) is 0 Å². The first kappa shape index (κ1) is 79.4. The molecule has 21 atom stereocenters. The van der Waals surface area contributed by atoms with E-state index < -0.39 is 173 Å². The lowest BCUT2D eigenvalue weighted by molar-refractivity contribution is -0.556. The first-order valence-corrected chi connectivity index (χ1v) is 18.4. The molecule has 32 N–H and O–H groups in total. The predicted molar refractivity (Wildman–Crippen MR) is 219 cm³/mol. The quantitative estimate of drug-likeness (QED) is 0.105. The molecule has 4 fully saturated rings. The molecule has 0 spiro atoms. The highest BCUT2D eigenvalue weighted by Crippen LogP contribution is 2.23. The van der Waals surface area contributed by atoms with Crippen molar-refractivity contribution in [1.82, 2.24) is 16.8 Å². The van der Waals surface area contributed by atoms with E-state index in [-0.39, 0.29) is 30.0 Å². The predicted octanol–water partition coefficient (Wildman–Crippen LogP) is -13.9. The highest BCUT2D eigenvalue weighted by molar-refractivity contribution is 5.73. The van der Waals surface area contributed by atoms with Crippen LogP contribution in [0.2, 0.25) is 0 Å². The van der Waals surface area contributed by atoms with Crippen molar-refractivity contribution >= 4 is 17.8 Å². The Balaban J connectivity index is -0.000000136. The van der Waals surface area contributed by atoms with E-state index in [0.717, 1.165) is 20.8 Å². The van der Waals surface area contributed by atoms with Crippen molar-refractivity contribution < 1.29 is 152 Å². The number of carboxylic acids is 2. The number of nitrogens with two attached hydrogens (primary N) is 1. The van der Waals surface area contributed by atoms with Crippen LogP contribution in [0.4, 0.5) is 0 Å². The number of hydrogen-bond donors (Lipinski definition) is 23. The highest BCUT2D eigenvalue weighted by atomic mass is 16.6. The molecule has 13 unspecified atom stereocenters. The number of ether oxygens (including phenoxy) is 4. The van der Waals surface area contributed by atoms with Crippen molar-refractivity contribution in [3.05, 3.63) is 5.73 Å². The molecule has 4 rings (SSSR count). The number of carboxylic acid groups (broad SMARTS) is 2. The largest absolute Gasteiger partial charge is 0.870 e. The first-order chi connectivity index (χ1) is 28.8. The number of carbonyl (C=O) groups is 3. The van der Waals surface area contributed by atoms with Crippen LogP contribution in [0.1, 0.15) is 35.1 Å². The Hall–Kier alpha value is -2.75. The lowest BCUT2D eigenvalue weighted by atomic mass is 9.97. The molecular weight excluding hydrogens is 946 g/mol. The summed E-state index contributed by atoms with van der Waals surface area (Å²) < 4.78 is 18.9. The van der Waals surface area contributed by atoms with Crippen LogP contribution in [0.5, 0.6) is 0 Å². The van der Waals surface area contributed by atoms with Crippen molar-refractivity contribution in [2.45, 2.75) is 164 Å². The topological polar surface area (TPSA) is 697 Å². The summed E-state index contributed by atoms with van der Waals surface area (Å²) in [6.07, 6.45) is -21.0. The molecule has 0 aromatic heterocycles. The summed E-state index contributed by atoms with van der Waals surface area (Å²) in [6, 6.07) is -4.77. The normalized spacial score (nSPS) is 37.6. The van der Waals surface area contributed by atoms with Gasteiger partial charge >= 0.3 is 0 Å². The molecule has 4 saturated heterocycles. The smallest absolute Gasteiger partial charge is 0.300 e. The van der Waals surface area contributed by atoms with Crippen molar-refractivity contribution in [3.63, 3.8) is 0 Å². The van der Waals surface area contributed by atoms with Gasteiger partial charge < -0.3 is 160 Å². The van der Waals surface area contributed by atoms with Gasteiger partial charge in [0, 0.05) is 26.7 Å². The maximum atomic E-state index is 11.0. The fourth-order valence-electron chi connectivity index (χ4n) is 5.26. The standard InChI is InChI=1S/C8H16NO7.C8H15NO6.C6H13NO5.C6H12NO5.2C2H4O2.CH4.H3N.3H2O/c1-8(14,15)9-4-6(12)5(11)3(2-10)16-7(4)13;1-3(11)9-5-7(13)6(12)4(2-10)15-8(5)14;2*7-3-5(10)4(9)2(1-8)12-6(3)11;2*1-2(3)4;;;;;/h3-7,9-14H,2H2,1H3;4-8,10,12-14H,2H2,1H3,(H,9,11);2-6,8-11H,1,7H2;2-11H,1H2;2*1H3,(H,3,4);1H4;1H3;3*1H2/q-1;;;-1;;;;;;;/p-1/t3?,4?,5-,6+,7?,8?;4?,5?,6-,7+,8?;2*2?,3?,4-,5+,6?;;;;;;;/m1111......./s1. The molecule has 0 aliphatic carbocycles. The Bertz CT molecular complexity index is 1240. The monoisotopic (exact) mass is 1020 g/mol. The van der Waals surface area contributed by atoms with Gasteiger partial charge in [0.05, 0.1) is 44.6 Å². The van der Waals surface area contributed by atoms with Crippen molar-refractivity contribution in [2.24, 2.45) is 5.73 Å². The average Bonchev–Trinajstić information content (AvgIpc) is 3.18. The van der Waals surface area contributed by atoms with E-state index in [0.29, 0.717) is 0 Å². The zero-order valence-corrected chi connectivity index (χ0v) is 36.4. The summed E-state index contributed by atoms with van der Waals surface area (Å²) in [6.45, 7) is 2.17. The number of nitrogens with one attached hydrogen (secondary N) is 3. The minimum atomic E-state index is -2.58. The zero-order chi connectivity index (χ0) is 49.9. The maximum Gasteiger partial charge on any atom is 0.300 e. The number of rotatable bonds is 7. The number of aliphatic carboxylic acids is 2. The summed E-state index contributed by atoms with van der Waals surface area (Å²) in [5.41, 5.74) is 12.4. The van der Waals surface area contributed by atoms with Gasteiger partial charge in [-0.3, -0.25) is 19.7 Å². The number of amides is 1. The van der Waals surface area contributed by atoms with Crippen LogP contribution in [0.25, 0.3) is 5.73 Å². The number of aliphatic hydroxyl groups is 17. The summed E-state index contributed by atoms with van der Waals surface area (Å²) in [7, 11) is 0. The van der Waals surface area contributed by atoms with Gasteiger partial charge in [-0.05, 0) is 6.92 Å². The van der Waals surface area contributed by atoms with Gasteiger partial charge in [-0.2, -0.15) is 0 Å². The third kappa shape index (κ3) is 27.6. The van der Waals surface area contributed by atoms with Crippen LogP contribution in [0, 0.1) is 0 Å². The Morgan fingerprint density at radius 1 is 0.574 bits per heavy atom. The van der Waals surface area contributed by atoms with Crippen LogP contribution in [0.15, 0.2) is 0 Å². The van der Waals surface area contributed by atoms with E-state index >= 15 is 0 Å². The van der Waals surface area contributed by atoms with Gasteiger partial charge in [0.2, 0.25) is 5.91 Å². The summed E-state index contributed by atoms with van der Waals surface area (Å²) >= 11 is 0. The Kier molecular flexibility index (Phi) is 44.4. The molecule has 0 aromatic carbocycles. The minimum absolute atomic E-state index is 0. The van der Waals surface area contributed by atoms with Crippen LogP contribution in [-0.2, 0) is 33.3 Å². The van der Waals surface area contributed by atoms with E-state index in [1.807, 2.05) is 5.32 Å². The molecule has 68 heavy (non-hydrogen) atoms. The molecule has 0 saturated carbocycles. The fourth-order valence-corrected chi connectivity index (χ4v) is 5.26. The van der Waals surface area contributed by atoms with Crippen molar-refractivity contribution in [1.29, 1.82) is 0 Å². The SMILES string of the molecule is C.CC(=O)NC1C(O)OC(CO)[C@@H](O)[C@H]1O.CC(=O)O.CC(=O)O.CC([O-])(O)NC1C(O)OC(CO)[C@@H](O)[C@H]1O.N.NC1C(O)OC(CO)[C@@H](O)[C@H]1O.O.O.[NH-]C1C(O)OC(CO)[C@@H](O)[C@H]1O.[OH-]. The summed E-state index contributed by atoms with van der Waals surface area (Å²) in [4.78, 5) is 28.7. The molecule has 4 aliphatic rings. The van der Waals surface area contributed by atoms with E-state index in [1.165, 1.54) is 6.92 Å². The highest BCUT2D eigenvalue weighted by Gasteiger charge is 2.46. The van der Waals surface area contributed by atoms with E-state index in [1.54, 1.807) is 0 Å².